The van der Waals surface area contributed by atoms with E-state index in [4.69, 9.17) is 0 Å². The molecule has 19 heavy (non-hydrogen) atoms. The van der Waals surface area contributed by atoms with Crippen molar-refractivity contribution in [1.29, 1.82) is 0 Å². The predicted octanol–water partition coefficient (Wildman–Crippen LogP) is 3.86. The fourth-order valence-electron chi connectivity index (χ4n) is 2.31. The second kappa shape index (κ2) is 7.19. The van der Waals surface area contributed by atoms with Crippen molar-refractivity contribution in [3.05, 3.63) is 36.2 Å². The lowest BCUT2D eigenvalue weighted by Gasteiger charge is -2.19. The average Bonchev–Trinajstić information content (AvgIpc) is 2.47. The molecule has 0 aliphatic heterocycles. The van der Waals surface area contributed by atoms with Crippen LogP contribution >= 0.6 is 0 Å². The molecule has 0 aliphatic carbocycles. The van der Waals surface area contributed by atoms with Crippen LogP contribution in [0.4, 0.5) is 0 Å². The molecule has 2 rings (SSSR count). The van der Waals surface area contributed by atoms with Crippen LogP contribution in [0.3, 0.4) is 0 Å². The van der Waals surface area contributed by atoms with Gasteiger partial charge in [-0.15, -0.1) is 0 Å². The molecule has 3 nitrogen and oxygen atoms in total. The average molecular weight is 257 g/mol. The van der Waals surface area contributed by atoms with Gasteiger partial charge < -0.3 is 5.32 Å². The van der Waals surface area contributed by atoms with Crippen molar-refractivity contribution in [3.63, 3.8) is 0 Å². The standard InChI is InChI=1S/C16H23N3/c1-3-5-6-14(17-9-4-2)13-7-8-15-16(12-13)19-11-10-18-15/h7-8,10-12,14,17H,3-6,9H2,1-2H3. The Kier molecular flexibility index (Phi) is 5.28. The lowest BCUT2D eigenvalue weighted by molar-refractivity contribution is 0.481. The highest BCUT2D eigenvalue weighted by Crippen LogP contribution is 2.22. The Morgan fingerprint density at radius 1 is 1.05 bits per heavy atom. The first-order valence-electron chi connectivity index (χ1n) is 7.29. The minimum absolute atomic E-state index is 0.436. The van der Waals surface area contributed by atoms with Crippen LogP contribution in [0.5, 0.6) is 0 Å². The van der Waals surface area contributed by atoms with Gasteiger partial charge in [-0.3, -0.25) is 9.97 Å². The molecule has 0 bridgehead atoms. The fraction of sp³-hybridized carbons (Fsp3) is 0.500. The summed E-state index contributed by atoms with van der Waals surface area (Å²) in [4.78, 5) is 8.72. The Morgan fingerprint density at radius 2 is 1.84 bits per heavy atom. The third-order valence-electron chi connectivity index (χ3n) is 3.38. The summed E-state index contributed by atoms with van der Waals surface area (Å²) in [5.74, 6) is 0. The van der Waals surface area contributed by atoms with Gasteiger partial charge in [-0.05, 0) is 37.1 Å². The summed E-state index contributed by atoms with van der Waals surface area (Å²) in [5, 5.41) is 3.64. The van der Waals surface area contributed by atoms with Crippen molar-refractivity contribution in [3.8, 4) is 0 Å². The highest BCUT2D eigenvalue weighted by atomic mass is 14.9. The smallest absolute Gasteiger partial charge is 0.0890 e. The van der Waals surface area contributed by atoms with Gasteiger partial charge >= 0.3 is 0 Å². The fourth-order valence-corrected chi connectivity index (χ4v) is 2.31. The second-order valence-electron chi connectivity index (χ2n) is 4.95. The molecule has 1 N–H and O–H groups in total. The quantitative estimate of drug-likeness (QED) is 0.818. The molecule has 0 radical (unpaired) electrons. The van der Waals surface area contributed by atoms with Gasteiger partial charge in [-0.1, -0.05) is 32.8 Å². The van der Waals surface area contributed by atoms with E-state index >= 15 is 0 Å². The molecule has 1 aromatic heterocycles. The zero-order valence-electron chi connectivity index (χ0n) is 11.9. The Hall–Kier alpha value is -1.48. The molecule has 2 aromatic rings. The molecular formula is C16H23N3. The lowest BCUT2D eigenvalue weighted by Crippen LogP contribution is -2.22. The van der Waals surface area contributed by atoms with E-state index in [1.54, 1.807) is 12.4 Å². The molecule has 3 heteroatoms. The molecule has 0 aliphatic rings. The van der Waals surface area contributed by atoms with Crippen molar-refractivity contribution in [2.75, 3.05) is 6.54 Å². The number of aromatic nitrogens is 2. The van der Waals surface area contributed by atoms with Crippen molar-refractivity contribution in [2.45, 2.75) is 45.6 Å². The number of hydrogen-bond acceptors (Lipinski definition) is 3. The van der Waals surface area contributed by atoms with Gasteiger partial charge in [-0.2, -0.15) is 0 Å². The molecule has 0 amide bonds. The zero-order valence-corrected chi connectivity index (χ0v) is 11.9. The van der Waals surface area contributed by atoms with Gasteiger partial charge in [0.15, 0.2) is 0 Å². The van der Waals surface area contributed by atoms with Crippen LogP contribution in [0, 0.1) is 0 Å². The maximum Gasteiger partial charge on any atom is 0.0890 e. The summed E-state index contributed by atoms with van der Waals surface area (Å²) in [6.07, 6.45) is 8.33. The van der Waals surface area contributed by atoms with Crippen LogP contribution in [0.2, 0.25) is 0 Å². The number of unbranched alkanes of at least 4 members (excludes halogenated alkanes) is 1. The Labute approximate surface area is 115 Å². The number of benzene rings is 1. The number of nitrogens with zero attached hydrogens (tertiary/aromatic N) is 2. The van der Waals surface area contributed by atoms with Crippen LogP contribution in [-0.2, 0) is 0 Å². The lowest BCUT2D eigenvalue weighted by atomic mass is 10.0. The van der Waals surface area contributed by atoms with Crippen LogP contribution in [0.15, 0.2) is 30.6 Å². The largest absolute Gasteiger partial charge is 0.310 e. The van der Waals surface area contributed by atoms with E-state index in [0.717, 1.165) is 24.0 Å². The van der Waals surface area contributed by atoms with Gasteiger partial charge in [0.1, 0.15) is 0 Å². The molecule has 0 saturated heterocycles. The Morgan fingerprint density at radius 3 is 2.58 bits per heavy atom. The summed E-state index contributed by atoms with van der Waals surface area (Å²) in [5.41, 5.74) is 3.28. The molecule has 1 unspecified atom stereocenters. The highest BCUT2D eigenvalue weighted by molar-refractivity contribution is 5.74. The maximum absolute atomic E-state index is 4.39. The molecule has 0 saturated carbocycles. The molecule has 0 fully saturated rings. The molecule has 0 spiro atoms. The van der Waals surface area contributed by atoms with Gasteiger partial charge in [0.25, 0.3) is 0 Å². The van der Waals surface area contributed by atoms with E-state index in [0.29, 0.717) is 6.04 Å². The monoisotopic (exact) mass is 257 g/mol. The van der Waals surface area contributed by atoms with E-state index in [-0.39, 0.29) is 0 Å². The highest BCUT2D eigenvalue weighted by Gasteiger charge is 2.11. The number of hydrogen-bond donors (Lipinski definition) is 1. The van der Waals surface area contributed by atoms with Crippen LogP contribution in [-0.4, -0.2) is 16.5 Å². The van der Waals surface area contributed by atoms with E-state index in [1.807, 2.05) is 0 Å². The van der Waals surface area contributed by atoms with Crippen LogP contribution in [0.1, 0.15) is 51.1 Å². The summed E-state index contributed by atoms with van der Waals surface area (Å²) in [6.45, 7) is 5.51. The van der Waals surface area contributed by atoms with E-state index in [2.05, 4.69) is 47.3 Å². The normalized spacial score (nSPS) is 12.7. The number of fused-ring (bicyclic) bond motifs is 1. The third kappa shape index (κ3) is 3.74. The van der Waals surface area contributed by atoms with E-state index in [9.17, 15) is 0 Å². The van der Waals surface area contributed by atoms with Crippen LogP contribution in [0.25, 0.3) is 11.0 Å². The Bertz CT molecular complexity index is 502. The van der Waals surface area contributed by atoms with E-state index in [1.165, 1.54) is 24.8 Å². The molecule has 1 heterocycles. The van der Waals surface area contributed by atoms with Crippen molar-refractivity contribution < 1.29 is 0 Å². The predicted molar refractivity (Wildman–Crippen MR) is 80.1 cm³/mol. The molecule has 102 valence electrons. The zero-order chi connectivity index (χ0) is 13.5. The number of nitrogens with one attached hydrogen (secondary N) is 1. The van der Waals surface area contributed by atoms with Gasteiger partial charge in [0, 0.05) is 18.4 Å². The van der Waals surface area contributed by atoms with Gasteiger partial charge in [0.2, 0.25) is 0 Å². The maximum atomic E-state index is 4.39. The molecule has 1 aromatic carbocycles. The molecular weight excluding hydrogens is 234 g/mol. The van der Waals surface area contributed by atoms with E-state index < -0.39 is 0 Å². The topological polar surface area (TPSA) is 37.8 Å². The van der Waals surface area contributed by atoms with Gasteiger partial charge in [-0.25, -0.2) is 0 Å². The summed E-state index contributed by atoms with van der Waals surface area (Å²) in [6, 6.07) is 6.86. The summed E-state index contributed by atoms with van der Waals surface area (Å²) in [7, 11) is 0. The first kappa shape index (κ1) is 13.9. The Balaban J connectivity index is 2.21. The number of rotatable bonds is 7. The first-order chi connectivity index (χ1) is 9.35. The van der Waals surface area contributed by atoms with Crippen molar-refractivity contribution in [2.24, 2.45) is 0 Å². The van der Waals surface area contributed by atoms with Crippen LogP contribution < -0.4 is 5.32 Å². The minimum Gasteiger partial charge on any atom is -0.310 e. The third-order valence-corrected chi connectivity index (χ3v) is 3.38. The summed E-state index contributed by atoms with van der Waals surface area (Å²) >= 11 is 0. The summed E-state index contributed by atoms with van der Waals surface area (Å²) < 4.78 is 0. The second-order valence-corrected chi connectivity index (χ2v) is 4.95. The van der Waals surface area contributed by atoms with Crippen molar-refractivity contribution >= 4 is 11.0 Å². The first-order valence-corrected chi connectivity index (χ1v) is 7.29. The molecule has 1 atom stereocenters. The van der Waals surface area contributed by atoms with Gasteiger partial charge in [0.05, 0.1) is 11.0 Å². The SMILES string of the molecule is CCCCC(NCCC)c1ccc2nccnc2c1. The van der Waals surface area contributed by atoms with Crippen molar-refractivity contribution in [1.82, 2.24) is 15.3 Å². The minimum atomic E-state index is 0.436.